The molecule has 15 heavy (non-hydrogen) atoms. The second-order valence-corrected chi connectivity index (χ2v) is 5.23. The van der Waals surface area contributed by atoms with Crippen LogP contribution in [0.1, 0.15) is 0 Å². The Morgan fingerprint density at radius 2 is 2.13 bits per heavy atom. The molecule has 0 heterocycles. The standard InChI is InChI=1S/C8H7BrF3IO2/c1-14-7(9)4-2-3-5(6(7)13)15-8(10,11)12/h2-4,6H,1H3. The Bertz CT molecular complexity index is 303. The quantitative estimate of drug-likeness (QED) is 0.523. The van der Waals surface area contributed by atoms with Crippen molar-refractivity contribution in [2.45, 2.75) is 14.8 Å². The summed E-state index contributed by atoms with van der Waals surface area (Å²) in [6, 6.07) is 0. The van der Waals surface area contributed by atoms with Gasteiger partial charge in [-0.15, -0.1) is 13.2 Å². The van der Waals surface area contributed by atoms with Crippen molar-refractivity contribution in [2.75, 3.05) is 7.11 Å². The van der Waals surface area contributed by atoms with Crippen molar-refractivity contribution >= 4 is 38.5 Å². The van der Waals surface area contributed by atoms with Crippen molar-refractivity contribution in [2.24, 2.45) is 0 Å². The van der Waals surface area contributed by atoms with Crippen LogP contribution in [-0.4, -0.2) is 21.9 Å². The molecule has 0 aromatic carbocycles. The van der Waals surface area contributed by atoms with E-state index in [0.29, 0.717) is 0 Å². The van der Waals surface area contributed by atoms with Crippen LogP contribution in [0.5, 0.6) is 0 Å². The average molecular weight is 399 g/mol. The van der Waals surface area contributed by atoms with Crippen LogP contribution in [0.15, 0.2) is 24.0 Å². The molecule has 2 unspecified atom stereocenters. The third-order valence-corrected chi connectivity index (χ3v) is 5.17. The van der Waals surface area contributed by atoms with Crippen LogP contribution in [-0.2, 0) is 9.47 Å². The van der Waals surface area contributed by atoms with E-state index in [1.807, 2.05) is 22.6 Å². The molecule has 0 aromatic rings. The maximum Gasteiger partial charge on any atom is 0.572 e. The summed E-state index contributed by atoms with van der Waals surface area (Å²) in [5.74, 6) is -0.190. The molecule has 0 bridgehead atoms. The second kappa shape index (κ2) is 4.62. The largest absolute Gasteiger partial charge is 0.572 e. The summed E-state index contributed by atoms with van der Waals surface area (Å²) in [7, 11) is 1.40. The van der Waals surface area contributed by atoms with Gasteiger partial charge in [0, 0.05) is 7.11 Å². The molecule has 1 aliphatic carbocycles. The molecular formula is C8H7BrF3IO2. The first-order valence-corrected chi connectivity index (χ1v) is 5.85. The van der Waals surface area contributed by atoms with Crippen LogP contribution in [0.3, 0.4) is 0 Å². The number of hydrogen-bond donors (Lipinski definition) is 0. The minimum absolute atomic E-state index is 0.190. The van der Waals surface area contributed by atoms with E-state index in [2.05, 4.69) is 20.7 Å². The predicted molar refractivity (Wildman–Crippen MR) is 60.8 cm³/mol. The topological polar surface area (TPSA) is 18.5 Å². The third-order valence-electron chi connectivity index (χ3n) is 1.73. The zero-order chi connectivity index (χ0) is 11.7. The van der Waals surface area contributed by atoms with Gasteiger partial charge in [-0.3, -0.25) is 0 Å². The van der Waals surface area contributed by atoms with Gasteiger partial charge in [-0.1, -0.05) is 28.7 Å². The molecule has 1 rings (SSSR count). The Morgan fingerprint density at radius 1 is 1.53 bits per heavy atom. The summed E-state index contributed by atoms with van der Waals surface area (Å²) in [6.07, 6.45) is -0.340. The fourth-order valence-electron chi connectivity index (χ4n) is 1.03. The van der Waals surface area contributed by atoms with Crippen LogP contribution < -0.4 is 0 Å². The Labute approximate surface area is 107 Å². The van der Waals surface area contributed by atoms with E-state index in [1.165, 1.54) is 19.3 Å². The molecular weight excluding hydrogens is 392 g/mol. The van der Waals surface area contributed by atoms with E-state index in [9.17, 15) is 13.2 Å². The molecule has 0 radical (unpaired) electrons. The predicted octanol–water partition coefficient (Wildman–Crippen LogP) is 3.52. The lowest BCUT2D eigenvalue weighted by molar-refractivity contribution is -0.306. The van der Waals surface area contributed by atoms with Crippen LogP contribution in [0, 0.1) is 0 Å². The van der Waals surface area contributed by atoms with Crippen molar-refractivity contribution in [1.29, 1.82) is 0 Å². The van der Waals surface area contributed by atoms with E-state index in [0.717, 1.165) is 0 Å². The van der Waals surface area contributed by atoms with Gasteiger partial charge in [-0.25, -0.2) is 0 Å². The Kier molecular flexibility index (Phi) is 4.10. The molecule has 0 aliphatic heterocycles. The Hall–Kier alpha value is 0.240. The van der Waals surface area contributed by atoms with E-state index in [1.54, 1.807) is 6.08 Å². The zero-order valence-corrected chi connectivity index (χ0v) is 11.3. The van der Waals surface area contributed by atoms with Crippen LogP contribution in [0.25, 0.3) is 0 Å². The fraction of sp³-hybridized carbons (Fsp3) is 0.500. The Balaban J connectivity index is 2.84. The minimum atomic E-state index is -4.68. The molecule has 0 saturated carbocycles. The first-order valence-electron chi connectivity index (χ1n) is 3.82. The summed E-state index contributed by atoms with van der Waals surface area (Å²) in [5, 5.41) is 0. The molecule has 0 fully saturated rings. The van der Waals surface area contributed by atoms with E-state index < -0.39 is 14.8 Å². The molecule has 0 N–H and O–H groups in total. The summed E-state index contributed by atoms with van der Waals surface area (Å²) in [4.78, 5) is 0. The highest BCUT2D eigenvalue weighted by Gasteiger charge is 2.42. The fourth-order valence-corrected chi connectivity index (χ4v) is 2.20. The molecule has 7 heteroatoms. The normalized spacial score (nSPS) is 31.3. The van der Waals surface area contributed by atoms with Crippen LogP contribution in [0.4, 0.5) is 13.2 Å². The van der Waals surface area contributed by atoms with E-state index >= 15 is 0 Å². The number of halogens is 5. The molecule has 86 valence electrons. The van der Waals surface area contributed by atoms with Gasteiger partial charge in [0.15, 0.2) is 4.51 Å². The SMILES string of the molecule is COC1(Br)C=CC=C(OC(F)(F)F)C1I. The monoisotopic (exact) mass is 398 g/mol. The first kappa shape index (κ1) is 13.3. The summed E-state index contributed by atoms with van der Waals surface area (Å²) >= 11 is 5.02. The van der Waals surface area contributed by atoms with Gasteiger partial charge in [-0.2, -0.15) is 0 Å². The lowest BCUT2D eigenvalue weighted by atomic mass is 10.1. The summed E-state index contributed by atoms with van der Waals surface area (Å²) in [6.45, 7) is 0. The van der Waals surface area contributed by atoms with Crippen molar-refractivity contribution in [3.63, 3.8) is 0 Å². The number of hydrogen-bond acceptors (Lipinski definition) is 2. The van der Waals surface area contributed by atoms with Crippen molar-refractivity contribution in [1.82, 2.24) is 0 Å². The van der Waals surface area contributed by atoms with Crippen molar-refractivity contribution < 1.29 is 22.6 Å². The molecule has 2 atom stereocenters. The number of alkyl halides is 5. The molecule has 0 saturated heterocycles. The lowest BCUT2D eigenvalue weighted by Gasteiger charge is -2.31. The summed E-state index contributed by atoms with van der Waals surface area (Å²) < 4.78 is 43.5. The van der Waals surface area contributed by atoms with E-state index in [4.69, 9.17) is 4.74 Å². The van der Waals surface area contributed by atoms with Gasteiger partial charge in [0.05, 0.1) is 0 Å². The highest BCUT2D eigenvalue weighted by Crippen LogP contribution is 2.40. The lowest BCUT2D eigenvalue weighted by Crippen LogP contribution is -2.37. The number of rotatable bonds is 2. The third kappa shape index (κ3) is 3.35. The van der Waals surface area contributed by atoms with Gasteiger partial charge >= 0.3 is 6.36 Å². The van der Waals surface area contributed by atoms with Crippen molar-refractivity contribution in [3.8, 4) is 0 Å². The van der Waals surface area contributed by atoms with Crippen LogP contribution in [0.2, 0.25) is 0 Å². The van der Waals surface area contributed by atoms with Crippen LogP contribution >= 0.6 is 38.5 Å². The summed E-state index contributed by atoms with van der Waals surface area (Å²) in [5.41, 5.74) is 0. The highest BCUT2D eigenvalue weighted by atomic mass is 127. The van der Waals surface area contributed by atoms with Gasteiger partial charge in [0.25, 0.3) is 0 Å². The van der Waals surface area contributed by atoms with Crippen molar-refractivity contribution in [3.05, 3.63) is 24.0 Å². The van der Waals surface area contributed by atoms with Gasteiger partial charge in [0.1, 0.15) is 9.68 Å². The number of methoxy groups -OCH3 is 1. The average Bonchev–Trinajstić information content (AvgIpc) is 2.11. The molecule has 0 spiro atoms. The Morgan fingerprint density at radius 3 is 2.60 bits per heavy atom. The maximum absolute atomic E-state index is 12.0. The van der Waals surface area contributed by atoms with Gasteiger partial charge in [-0.05, 0) is 28.1 Å². The molecule has 2 nitrogen and oxygen atoms in total. The maximum atomic E-state index is 12.0. The molecule has 1 aliphatic rings. The minimum Gasteiger partial charge on any atom is -0.409 e. The van der Waals surface area contributed by atoms with E-state index in [-0.39, 0.29) is 5.76 Å². The first-order chi connectivity index (χ1) is 6.78. The molecule has 0 amide bonds. The van der Waals surface area contributed by atoms with Gasteiger partial charge < -0.3 is 9.47 Å². The smallest absolute Gasteiger partial charge is 0.409 e. The second-order valence-electron chi connectivity index (χ2n) is 2.74. The molecule has 0 aromatic heterocycles. The highest BCUT2D eigenvalue weighted by molar-refractivity contribution is 14.1. The number of ether oxygens (including phenoxy) is 2. The number of allylic oxidation sites excluding steroid dienone is 2. The zero-order valence-electron chi connectivity index (χ0n) is 7.52. The van der Waals surface area contributed by atoms with Gasteiger partial charge in [0.2, 0.25) is 0 Å².